The molecule has 5 heteroatoms. The Labute approximate surface area is 96.3 Å². The van der Waals surface area contributed by atoms with Crippen LogP contribution in [-0.4, -0.2) is 55.7 Å². The molecule has 3 unspecified atom stereocenters. The summed E-state index contributed by atoms with van der Waals surface area (Å²) in [5.41, 5.74) is 5.47. The number of amides is 1. The van der Waals surface area contributed by atoms with Crippen molar-refractivity contribution in [2.45, 2.75) is 37.5 Å². The minimum atomic E-state index is -0.504. The molecule has 3 atom stereocenters. The molecule has 1 amide bonds. The fourth-order valence-electron chi connectivity index (χ4n) is 2.84. The molecule has 0 aromatic carbocycles. The summed E-state index contributed by atoms with van der Waals surface area (Å²) in [5, 5.41) is 3.07. The molecule has 0 radical (unpaired) electrons. The van der Waals surface area contributed by atoms with Gasteiger partial charge in [-0.1, -0.05) is 0 Å². The largest absolute Gasteiger partial charge is 0.370 e. The summed E-state index contributed by atoms with van der Waals surface area (Å²) >= 11 is 0. The first-order valence-electron chi connectivity index (χ1n) is 6.03. The summed E-state index contributed by atoms with van der Waals surface area (Å²) in [6.07, 6.45) is 3.00. The Morgan fingerprint density at radius 1 is 1.56 bits per heavy atom. The molecule has 2 aliphatic rings. The lowest BCUT2D eigenvalue weighted by Crippen LogP contribution is -2.48. The van der Waals surface area contributed by atoms with Crippen molar-refractivity contribution in [2.24, 2.45) is 5.73 Å². The predicted octanol–water partition coefficient (Wildman–Crippen LogP) is -0.687. The summed E-state index contributed by atoms with van der Waals surface area (Å²) in [6.45, 7) is 2.53. The zero-order chi connectivity index (χ0) is 11.5. The highest BCUT2D eigenvalue weighted by Gasteiger charge is 2.38. The first-order valence-corrected chi connectivity index (χ1v) is 6.03. The van der Waals surface area contributed by atoms with Crippen molar-refractivity contribution in [1.29, 1.82) is 0 Å². The average Bonchev–Trinajstić information content (AvgIpc) is 2.85. The molecule has 0 aromatic rings. The third kappa shape index (κ3) is 2.21. The van der Waals surface area contributed by atoms with E-state index in [0.29, 0.717) is 12.1 Å². The van der Waals surface area contributed by atoms with Gasteiger partial charge in [-0.2, -0.15) is 0 Å². The number of methoxy groups -OCH3 is 1. The molecular formula is C11H21N3O2. The Bertz CT molecular complexity index is 256. The van der Waals surface area contributed by atoms with Gasteiger partial charge in [0.15, 0.2) is 0 Å². The fourth-order valence-corrected chi connectivity index (χ4v) is 2.84. The van der Waals surface area contributed by atoms with E-state index in [2.05, 4.69) is 10.2 Å². The number of ether oxygens (including phenoxy) is 1. The Morgan fingerprint density at radius 2 is 2.38 bits per heavy atom. The van der Waals surface area contributed by atoms with Crippen LogP contribution in [0.5, 0.6) is 0 Å². The second-order valence-electron chi connectivity index (χ2n) is 4.61. The number of hydrogen-bond donors (Lipinski definition) is 2. The fraction of sp³-hybridized carbons (Fsp3) is 0.909. The minimum Gasteiger partial charge on any atom is -0.370 e. The number of carbonyl (C=O) groups excluding carboxylic acids is 1. The highest BCUT2D eigenvalue weighted by Crippen LogP contribution is 2.27. The number of nitrogens with one attached hydrogen (secondary N) is 1. The van der Waals surface area contributed by atoms with Gasteiger partial charge in [0, 0.05) is 32.3 Å². The highest BCUT2D eigenvalue weighted by atomic mass is 16.5. The van der Waals surface area contributed by atoms with Crippen LogP contribution >= 0.6 is 0 Å². The summed E-state index contributed by atoms with van der Waals surface area (Å²) in [4.78, 5) is 14.3. The van der Waals surface area contributed by atoms with Crippen molar-refractivity contribution < 1.29 is 9.53 Å². The molecule has 92 valence electrons. The normalized spacial score (nSPS) is 31.4. The molecule has 3 N–H and O–H groups in total. The second-order valence-corrected chi connectivity index (χ2v) is 4.61. The van der Waals surface area contributed by atoms with Gasteiger partial charge in [-0.05, 0) is 25.8 Å². The Balaban J connectivity index is 1.87. The van der Waals surface area contributed by atoms with E-state index >= 15 is 0 Å². The molecular weight excluding hydrogens is 206 g/mol. The molecule has 5 nitrogen and oxygen atoms in total. The van der Waals surface area contributed by atoms with E-state index in [1.807, 2.05) is 0 Å². The Kier molecular flexibility index (Phi) is 3.78. The molecule has 0 spiro atoms. The van der Waals surface area contributed by atoms with Crippen LogP contribution in [0.25, 0.3) is 0 Å². The van der Waals surface area contributed by atoms with Crippen molar-refractivity contribution in [3.63, 3.8) is 0 Å². The Hall–Kier alpha value is -0.650. The maximum absolute atomic E-state index is 11.8. The monoisotopic (exact) mass is 227 g/mol. The van der Waals surface area contributed by atoms with Gasteiger partial charge < -0.3 is 15.8 Å². The van der Waals surface area contributed by atoms with Crippen LogP contribution in [0.3, 0.4) is 0 Å². The van der Waals surface area contributed by atoms with Crippen LogP contribution in [0.4, 0.5) is 0 Å². The number of nitrogens with two attached hydrogens (primary N) is 1. The van der Waals surface area contributed by atoms with Crippen molar-refractivity contribution in [1.82, 2.24) is 10.2 Å². The summed E-state index contributed by atoms with van der Waals surface area (Å²) in [6, 6.07) is 0.832. The number of hydrogen-bond acceptors (Lipinski definition) is 4. The van der Waals surface area contributed by atoms with Crippen molar-refractivity contribution >= 4 is 5.91 Å². The van der Waals surface area contributed by atoms with Crippen molar-refractivity contribution in [3.8, 4) is 0 Å². The van der Waals surface area contributed by atoms with Crippen LogP contribution in [-0.2, 0) is 9.53 Å². The van der Waals surface area contributed by atoms with E-state index in [0.717, 1.165) is 13.0 Å². The van der Waals surface area contributed by atoms with Crippen LogP contribution in [0.15, 0.2) is 0 Å². The molecule has 2 rings (SSSR count). The van der Waals surface area contributed by atoms with E-state index in [-0.39, 0.29) is 12.5 Å². The summed E-state index contributed by atoms with van der Waals surface area (Å²) in [5.74, 6) is -0.0660. The second kappa shape index (κ2) is 5.12. The topological polar surface area (TPSA) is 67.6 Å². The lowest BCUT2D eigenvalue weighted by molar-refractivity contribution is -0.131. The predicted molar refractivity (Wildman–Crippen MR) is 61.0 cm³/mol. The molecule has 0 bridgehead atoms. The summed E-state index contributed by atoms with van der Waals surface area (Å²) < 4.78 is 5.03. The van der Waals surface area contributed by atoms with Crippen molar-refractivity contribution in [2.75, 3.05) is 26.7 Å². The standard InChI is InChI=1S/C11H21N3O2/c1-16-10(7-12)11(15)13-8-4-6-14-5-2-3-9(8)14/h8-10H,2-7,12H2,1H3,(H,13,15). The quantitative estimate of drug-likeness (QED) is 0.667. The van der Waals surface area contributed by atoms with E-state index in [4.69, 9.17) is 10.5 Å². The third-order valence-corrected chi connectivity index (χ3v) is 3.72. The SMILES string of the molecule is COC(CN)C(=O)NC1CCN2CCCC12. The number of rotatable bonds is 4. The number of fused-ring (bicyclic) bond motifs is 1. The Morgan fingerprint density at radius 3 is 3.06 bits per heavy atom. The van der Waals surface area contributed by atoms with Crippen LogP contribution in [0, 0.1) is 0 Å². The minimum absolute atomic E-state index is 0.0660. The zero-order valence-electron chi connectivity index (χ0n) is 9.82. The molecule has 0 saturated carbocycles. The van der Waals surface area contributed by atoms with E-state index in [1.165, 1.54) is 26.5 Å². The summed E-state index contributed by atoms with van der Waals surface area (Å²) in [7, 11) is 1.52. The lowest BCUT2D eigenvalue weighted by atomic mass is 10.1. The van der Waals surface area contributed by atoms with Gasteiger partial charge in [0.1, 0.15) is 6.10 Å². The molecule has 16 heavy (non-hydrogen) atoms. The lowest BCUT2D eigenvalue weighted by Gasteiger charge is -2.23. The molecule has 2 heterocycles. The van der Waals surface area contributed by atoms with Gasteiger partial charge in [-0.25, -0.2) is 0 Å². The molecule has 0 aromatic heterocycles. The van der Waals surface area contributed by atoms with Gasteiger partial charge in [-0.15, -0.1) is 0 Å². The maximum atomic E-state index is 11.8. The van der Waals surface area contributed by atoms with Crippen LogP contribution in [0.2, 0.25) is 0 Å². The third-order valence-electron chi connectivity index (χ3n) is 3.72. The van der Waals surface area contributed by atoms with Crippen LogP contribution < -0.4 is 11.1 Å². The maximum Gasteiger partial charge on any atom is 0.250 e. The number of carbonyl (C=O) groups is 1. The van der Waals surface area contributed by atoms with E-state index < -0.39 is 6.10 Å². The highest BCUT2D eigenvalue weighted by molar-refractivity contribution is 5.81. The van der Waals surface area contributed by atoms with Crippen LogP contribution in [0.1, 0.15) is 19.3 Å². The van der Waals surface area contributed by atoms with Gasteiger partial charge in [-0.3, -0.25) is 9.69 Å². The molecule has 2 saturated heterocycles. The smallest absolute Gasteiger partial charge is 0.250 e. The zero-order valence-corrected chi connectivity index (χ0v) is 9.82. The first-order chi connectivity index (χ1) is 7.76. The van der Waals surface area contributed by atoms with Gasteiger partial charge >= 0.3 is 0 Å². The van der Waals surface area contributed by atoms with Gasteiger partial charge in [0.05, 0.1) is 0 Å². The molecule has 2 fully saturated rings. The van der Waals surface area contributed by atoms with E-state index in [9.17, 15) is 4.79 Å². The molecule has 0 aliphatic carbocycles. The van der Waals surface area contributed by atoms with Crippen molar-refractivity contribution in [3.05, 3.63) is 0 Å². The van der Waals surface area contributed by atoms with Gasteiger partial charge in [0.2, 0.25) is 0 Å². The first kappa shape index (κ1) is 11.8. The van der Waals surface area contributed by atoms with Gasteiger partial charge in [0.25, 0.3) is 5.91 Å². The average molecular weight is 227 g/mol. The molecule has 2 aliphatic heterocycles. The van der Waals surface area contributed by atoms with E-state index in [1.54, 1.807) is 0 Å². The number of nitrogens with zero attached hydrogens (tertiary/aromatic N) is 1.